The number of nitrogens with zero attached hydrogens (tertiary/aromatic N) is 2. The highest BCUT2D eigenvalue weighted by atomic mass is 35.5. The monoisotopic (exact) mass is 626 g/mol. The molecule has 6 rings (SSSR count). The summed E-state index contributed by atoms with van der Waals surface area (Å²) in [6.07, 6.45) is 1.15. The number of aliphatic carboxylic acids is 1. The second-order valence-corrected chi connectivity index (χ2v) is 13.1. The van der Waals surface area contributed by atoms with Crippen LogP contribution >= 0.6 is 23.2 Å². The lowest BCUT2D eigenvalue weighted by Gasteiger charge is -2.51. The van der Waals surface area contributed by atoms with E-state index in [-0.39, 0.29) is 29.7 Å². The Morgan fingerprint density at radius 3 is 2.37 bits per heavy atom. The Morgan fingerprint density at radius 1 is 1.07 bits per heavy atom. The molecule has 0 unspecified atom stereocenters. The molecule has 3 fully saturated rings. The molecule has 1 saturated carbocycles. The molecular formula is C33H33Cl2FN2O5. The van der Waals surface area contributed by atoms with Crippen LogP contribution in [0.4, 0.5) is 4.39 Å². The van der Waals surface area contributed by atoms with E-state index in [1.807, 2.05) is 30.3 Å². The maximum Gasteiger partial charge on any atom is 0.329 e. The van der Waals surface area contributed by atoms with Gasteiger partial charge in [0.2, 0.25) is 0 Å². The van der Waals surface area contributed by atoms with Crippen molar-refractivity contribution in [2.24, 2.45) is 5.41 Å². The van der Waals surface area contributed by atoms with Crippen molar-refractivity contribution in [1.82, 2.24) is 9.80 Å². The van der Waals surface area contributed by atoms with Crippen LogP contribution in [0.25, 0.3) is 0 Å². The third-order valence-electron chi connectivity index (χ3n) is 8.54. The Hall–Kier alpha value is -3.17. The summed E-state index contributed by atoms with van der Waals surface area (Å²) in [6.45, 7) is 5.36. The van der Waals surface area contributed by atoms with Crippen molar-refractivity contribution in [2.75, 3.05) is 26.4 Å². The predicted molar refractivity (Wildman–Crippen MR) is 161 cm³/mol. The molecule has 43 heavy (non-hydrogen) atoms. The van der Waals surface area contributed by atoms with Gasteiger partial charge in [-0.1, -0.05) is 60.5 Å². The Balaban J connectivity index is 1.19. The average Bonchev–Trinajstić information content (AvgIpc) is 3.71. The van der Waals surface area contributed by atoms with Crippen LogP contribution in [0.1, 0.15) is 65.7 Å². The quantitative estimate of drug-likeness (QED) is 0.282. The van der Waals surface area contributed by atoms with Crippen LogP contribution in [0.15, 0.2) is 60.7 Å². The topological polar surface area (TPSA) is 79.3 Å². The Labute approximate surface area is 260 Å². The zero-order valence-corrected chi connectivity index (χ0v) is 25.4. The van der Waals surface area contributed by atoms with Gasteiger partial charge < -0.3 is 14.6 Å². The fourth-order valence-corrected chi connectivity index (χ4v) is 6.86. The molecule has 226 valence electrons. The van der Waals surface area contributed by atoms with Gasteiger partial charge >= 0.3 is 5.97 Å². The van der Waals surface area contributed by atoms with E-state index >= 15 is 4.39 Å². The van der Waals surface area contributed by atoms with Crippen LogP contribution in [0.5, 0.6) is 5.75 Å². The highest BCUT2D eigenvalue weighted by Gasteiger charge is 2.45. The van der Waals surface area contributed by atoms with E-state index in [9.17, 15) is 14.7 Å². The van der Waals surface area contributed by atoms with Gasteiger partial charge in [0.1, 0.15) is 18.3 Å². The van der Waals surface area contributed by atoms with Gasteiger partial charge in [0.05, 0.1) is 24.3 Å². The zero-order chi connectivity index (χ0) is 30.5. The van der Waals surface area contributed by atoms with Gasteiger partial charge in [-0.25, -0.2) is 9.18 Å². The lowest BCUT2D eigenvalue weighted by molar-refractivity contribution is -0.142. The van der Waals surface area contributed by atoms with Crippen LogP contribution in [0.2, 0.25) is 10.0 Å². The number of benzene rings is 3. The molecule has 2 aliphatic heterocycles. The number of carboxylic acid groups (broad SMARTS) is 1. The summed E-state index contributed by atoms with van der Waals surface area (Å²) in [7, 11) is 0. The van der Waals surface area contributed by atoms with E-state index in [1.165, 1.54) is 12.1 Å². The molecule has 2 saturated heterocycles. The largest absolute Gasteiger partial charge is 0.493 e. The van der Waals surface area contributed by atoms with E-state index in [0.717, 1.165) is 47.5 Å². The Morgan fingerprint density at radius 2 is 1.74 bits per heavy atom. The van der Waals surface area contributed by atoms with Crippen LogP contribution < -0.4 is 4.74 Å². The minimum Gasteiger partial charge on any atom is -0.493 e. The normalized spacial score (nSPS) is 22.2. The SMILES string of the molecule is C[C@H]1OCN(C(=O)c2cc(C3CC3)c(OCC3(C)CN([C@H](c4ccccc4)c4cc(Cl)cc(Cl)c4)C3)cc2F)[C@H]1C(=O)O. The summed E-state index contributed by atoms with van der Waals surface area (Å²) in [6, 6.07) is 17.4. The summed E-state index contributed by atoms with van der Waals surface area (Å²) in [5.41, 5.74) is 2.56. The van der Waals surface area contributed by atoms with Gasteiger partial charge in [-0.15, -0.1) is 0 Å². The van der Waals surface area contributed by atoms with Gasteiger partial charge in [-0.3, -0.25) is 14.6 Å². The van der Waals surface area contributed by atoms with Crippen LogP contribution in [0, 0.1) is 11.2 Å². The zero-order valence-electron chi connectivity index (χ0n) is 23.9. The molecule has 3 aromatic rings. The number of carbonyl (C=O) groups excluding carboxylic acids is 1. The molecule has 3 aromatic carbocycles. The van der Waals surface area contributed by atoms with Gasteiger partial charge in [0.15, 0.2) is 6.04 Å². The highest BCUT2D eigenvalue weighted by Crippen LogP contribution is 2.47. The summed E-state index contributed by atoms with van der Waals surface area (Å²) >= 11 is 12.7. The lowest BCUT2D eigenvalue weighted by Crippen LogP contribution is -2.58. The van der Waals surface area contributed by atoms with E-state index in [4.69, 9.17) is 32.7 Å². The summed E-state index contributed by atoms with van der Waals surface area (Å²) in [5, 5.41) is 10.8. The standard InChI is InChI=1S/C33H33Cl2FN2O5/c1-19-29(32(40)41)38(18-43-19)31(39)26-13-25(20-8-9-20)28(14-27(26)36)42-17-33(2)15-37(16-33)30(21-6-4-3-5-7-21)22-10-23(34)12-24(35)11-22/h3-7,10-14,19-20,29-30H,8-9,15-18H2,1-2H3,(H,40,41)/t19-,29-,30-/m1/s1. The molecule has 0 radical (unpaired) electrons. The van der Waals surface area contributed by atoms with Gasteiger partial charge in [0.25, 0.3) is 5.91 Å². The third kappa shape index (κ3) is 6.11. The number of hydrogen-bond acceptors (Lipinski definition) is 5. The van der Waals surface area contributed by atoms with Crippen molar-refractivity contribution in [1.29, 1.82) is 0 Å². The highest BCUT2D eigenvalue weighted by molar-refractivity contribution is 6.34. The molecule has 0 spiro atoms. The molecule has 3 atom stereocenters. The molecular weight excluding hydrogens is 594 g/mol. The van der Waals surface area contributed by atoms with Crippen LogP contribution in [0.3, 0.4) is 0 Å². The summed E-state index contributed by atoms with van der Waals surface area (Å²) in [4.78, 5) is 28.4. The third-order valence-corrected chi connectivity index (χ3v) is 8.98. The van der Waals surface area contributed by atoms with Crippen molar-refractivity contribution in [3.8, 4) is 5.75 Å². The maximum atomic E-state index is 15.4. The van der Waals surface area contributed by atoms with E-state index in [0.29, 0.717) is 22.4 Å². The molecule has 3 aliphatic rings. The maximum absolute atomic E-state index is 15.4. The van der Waals surface area contributed by atoms with E-state index in [1.54, 1.807) is 13.0 Å². The first-order valence-electron chi connectivity index (χ1n) is 14.4. The molecule has 1 amide bonds. The Kier molecular flexibility index (Phi) is 8.15. The first-order valence-corrected chi connectivity index (χ1v) is 15.2. The minimum atomic E-state index is -1.18. The van der Waals surface area contributed by atoms with E-state index < -0.39 is 29.8 Å². The predicted octanol–water partition coefficient (Wildman–Crippen LogP) is 6.77. The number of rotatable bonds is 9. The average molecular weight is 628 g/mol. The molecule has 1 aliphatic carbocycles. The molecule has 2 heterocycles. The second-order valence-electron chi connectivity index (χ2n) is 12.2. The first kappa shape index (κ1) is 29.9. The number of likely N-dealkylation sites (tertiary alicyclic amines) is 1. The van der Waals surface area contributed by atoms with Gasteiger partial charge in [-0.05, 0) is 66.6 Å². The molecule has 1 N–H and O–H groups in total. The second kappa shape index (κ2) is 11.7. The number of halogens is 3. The van der Waals surface area contributed by atoms with Crippen molar-refractivity contribution in [3.63, 3.8) is 0 Å². The van der Waals surface area contributed by atoms with Crippen molar-refractivity contribution in [2.45, 2.75) is 50.8 Å². The van der Waals surface area contributed by atoms with Crippen molar-refractivity contribution >= 4 is 35.1 Å². The van der Waals surface area contributed by atoms with Crippen LogP contribution in [-0.4, -0.2) is 65.4 Å². The fraction of sp³-hybridized carbons (Fsp3) is 0.394. The first-order chi connectivity index (χ1) is 20.5. The lowest BCUT2D eigenvalue weighted by atomic mass is 9.79. The van der Waals surface area contributed by atoms with Gasteiger partial charge in [-0.2, -0.15) is 0 Å². The van der Waals surface area contributed by atoms with Crippen LogP contribution in [-0.2, 0) is 9.53 Å². The smallest absolute Gasteiger partial charge is 0.329 e. The number of hydrogen-bond donors (Lipinski definition) is 1. The Bertz CT molecular complexity index is 1520. The minimum absolute atomic E-state index is 0.0397. The number of carbonyl (C=O) groups is 2. The number of carboxylic acids is 1. The molecule has 7 nitrogen and oxygen atoms in total. The summed E-state index contributed by atoms with van der Waals surface area (Å²) in [5.74, 6) is -2.02. The molecule has 0 aromatic heterocycles. The van der Waals surface area contributed by atoms with Crippen molar-refractivity contribution < 1.29 is 28.6 Å². The molecule has 10 heteroatoms. The number of amides is 1. The fourth-order valence-electron chi connectivity index (χ4n) is 6.31. The summed E-state index contributed by atoms with van der Waals surface area (Å²) < 4.78 is 27.1. The molecule has 0 bridgehead atoms. The number of ether oxygens (including phenoxy) is 2. The van der Waals surface area contributed by atoms with Gasteiger partial charge in [0, 0.05) is 34.6 Å². The van der Waals surface area contributed by atoms with Crippen molar-refractivity contribution in [3.05, 3.63) is 98.8 Å². The van der Waals surface area contributed by atoms with E-state index in [2.05, 4.69) is 24.0 Å².